The Bertz CT molecular complexity index is 388. The normalized spacial score (nSPS) is 18.6. The fourth-order valence-electron chi connectivity index (χ4n) is 2.21. The van der Waals surface area contributed by atoms with Gasteiger partial charge in [0.2, 0.25) is 0 Å². The van der Waals surface area contributed by atoms with Crippen LogP contribution in [0.25, 0.3) is 0 Å². The van der Waals surface area contributed by atoms with Crippen molar-refractivity contribution in [3.8, 4) is 5.75 Å². The van der Waals surface area contributed by atoms with Crippen molar-refractivity contribution in [2.24, 2.45) is 5.73 Å². The second kappa shape index (κ2) is 5.28. The van der Waals surface area contributed by atoms with Gasteiger partial charge in [-0.15, -0.1) is 12.4 Å². The topological polar surface area (TPSA) is 35.2 Å². The van der Waals surface area contributed by atoms with Gasteiger partial charge in [-0.3, -0.25) is 0 Å². The van der Waals surface area contributed by atoms with Crippen LogP contribution in [0.15, 0.2) is 18.2 Å². The number of ether oxygens (including phenoxy) is 1. The molecular formula is C14H22ClNO. The summed E-state index contributed by atoms with van der Waals surface area (Å²) >= 11 is 0. The number of aryl methyl sites for hydroxylation is 1. The summed E-state index contributed by atoms with van der Waals surface area (Å²) in [6.07, 6.45) is 3.13. The van der Waals surface area contributed by atoms with Crippen molar-refractivity contribution in [3.05, 3.63) is 29.3 Å². The van der Waals surface area contributed by atoms with E-state index in [-0.39, 0.29) is 24.0 Å². The molecule has 1 atom stereocenters. The summed E-state index contributed by atoms with van der Waals surface area (Å²) in [4.78, 5) is 0. The molecular weight excluding hydrogens is 234 g/mol. The molecule has 0 aliphatic carbocycles. The van der Waals surface area contributed by atoms with Crippen LogP contribution < -0.4 is 10.5 Å². The Kier molecular flexibility index (Phi) is 4.45. The molecule has 0 saturated carbocycles. The molecule has 0 bridgehead atoms. The Balaban J connectivity index is 0.00000144. The minimum Gasteiger partial charge on any atom is -0.488 e. The van der Waals surface area contributed by atoms with E-state index in [1.165, 1.54) is 11.1 Å². The van der Waals surface area contributed by atoms with E-state index < -0.39 is 0 Å². The molecule has 0 unspecified atom stereocenters. The number of benzene rings is 1. The summed E-state index contributed by atoms with van der Waals surface area (Å²) in [7, 11) is 0. The zero-order valence-electron chi connectivity index (χ0n) is 10.8. The van der Waals surface area contributed by atoms with Gasteiger partial charge >= 0.3 is 0 Å². The zero-order chi connectivity index (χ0) is 11.8. The lowest BCUT2D eigenvalue weighted by Crippen LogP contribution is -2.32. The zero-order valence-corrected chi connectivity index (χ0v) is 11.6. The molecule has 2 nitrogen and oxygen atoms in total. The molecule has 2 N–H and O–H groups in total. The van der Waals surface area contributed by atoms with Gasteiger partial charge in [-0.05, 0) is 57.2 Å². The molecule has 3 heteroatoms. The molecule has 1 aliphatic rings. The SMILES string of the molecule is C[C@@H](N)Cc1ccc2c(c1)CCC(C)(C)O2.Cl. The van der Waals surface area contributed by atoms with E-state index in [0.29, 0.717) is 0 Å². The maximum atomic E-state index is 5.95. The average molecular weight is 256 g/mol. The van der Waals surface area contributed by atoms with Gasteiger partial charge in [0.05, 0.1) is 0 Å². The third-order valence-electron chi connectivity index (χ3n) is 3.07. The lowest BCUT2D eigenvalue weighted by molar-refractivity contribution is 0.0846. The van der Waals surface area contributed by atoms with Crippen LogP contribution in [0.2, 0.25) is 0 Å². The Morgan fingerprint density at radius 3 is 2.76 bits per heavy atom. The first-order chi connectivity index (χ1) is 7.46. The van der Waals surface area contributed by atoms with E-state index in [1.54, 1.807) is 0 Å². The van der Waals surface area contributed by atoms with Crippen molar-refractivity contribution < 1.29 is 4.74 Å². The predicted octanol–water partition coefficient (Wildman–Crippen LogP) is 3.10. The number of fused-ring (bicyclic) bond motifs is 1. The van der Waals surface area contributed by atoms with Gasteiger partial charge in [-0.2, -0.15) is 0 Å². The minimum atomic E-state index is -0.0182. The lowest BCUT2D eigenvalue weighted by atomic mass is 9.92. The maximum Gasteiger partial charge on any atom is 0.123 e. The van der Waals surface area contributed by atoms with Gasteiger partial charge in [0, 0.05) is 6.04 Å². The van der Waals surface area contributed by atoms with Crippen molar-refractivity contribution in [3.63, 3.8) is 0 Å². The molecule has 2 rings (SSSR count). The third kappa shape index (κ3) is 3.62. The molecule has 0 saturated heterocycles. The highest BCUT2D eigenvalue weighted by Gasteiger charge is 2.26. The molecule has 17 heavy (non-hydrogen) atoms. The molecule has 0 radical (unpaired) electrons. The van der Waals surface area contributed by atoms with Gasteiger partial charge in [-0.25, -0.2) is 0 Å². The van der Waals surface area contributed by atoms with Gasteiger partial charge in [0.15, 0.2) is 0 Å². The predicted molar refractivity (Wildman–Crippen MR) is 74.1 cm³/mol. The van der Waals surface area contributed by atoms with Crippen LogP contribution >= 0.6 is 12.4 Å². The van der Waals surface area contributed by atoms with Crippen LogP contribution in [0.4, 0.5) is 0 Å². The first-order valence-corrected chi connectivity index (χ1v) is 6.03. The van der Waals surface area contributed by atoms with Crippen LogP contribution in [-0.2, 0) is 12.8 Å². The van der Waals surface area contributed by atoms with Gasteiger partial charge in [0.25, 0.3) is 0 Å². The Labute approximate surface area is 110 Å². The first kappa shape index (κ1) is 14.3. The van der Waals surface area contributed by atoms with E-state index in [4.69, 9.17) is 10.5 Å². The summed E-state index contributed by atoms with van der Waals surface area (Å²) in [5.74, 6) is 1.05. The van der Waals surface area contributed by atoms with E-state index in [9.17, 15) is 0 Å². The smallest absolute Gasteiger partial charge is 0.123 e. The molecule has 1 heterocycles. The summed E-state index contributed by atoms with van der Waals surface area (Å²) in [6.45, 7) is 6.33. The van der Waals surface area contributed by atoms with Crippen molar-refractivity contribution in [2.45, 2.75) is 51.7 Å². The number of hydrogen-bond acceptors (Lipinski definition) is 2. The van der Waals surface area contributed by atoms with E-state index in [1.807, 2.05) is 6.92 Å². The highest BCUT2D eigenvalue weighted by molar-refractivity contribution is 5.85. The Morgan fingerprint density at radius 2 is 2.12 bits per heavy atom. The van der Waals surface area contributed by atoms with Gasteiger partial charge in [-0.1, -0.05) is 12.1 Å². The van der Waals surface area contributed by atoms with E-state index >= 15 is 0 Å². The third-order valence-corrected chi connectivity index (χ3v) is 3.07. The summed E-state index contributed by atoms with van der Waals surface area (Å²) in [5.41, 5.74) is 8.44. The maximum absolute atomic E-state index is 5.95. The molecule has 0 amide bonds. The van der Waals surface area contributed by atoms with Gasteiger partial charge in [0.1, 0.15) is 11.4 Å². The van der Waals surface area contributed by atoms with Crippen molar-refractivity contribution in [2.75, 3.05) is 0 Å². The number of hydrogen-bond donors (Lipinski definition) is 1. The second-order valence-corrected chi connectivity index (χ2v) is 5.49. The van der Waals surface area contributed by atoms with Crippen LogP contribution in [0.5, 0.6) is 5.75 Å². The summed E-state index contributed by atoms with van der Waals surface area (Å²) < 4.78 is 5.95. The van der Waals surface area contributed by atoms with Crippen molar-refractivity contribution in [1.29, 1.82) is 0 Å². The highest BCUT2D eigenvalue weighted by atomic mass is 35.5. The highest BCUT2D eigenvalue weighted by Crippen LogP contribution is 2.33. The fraction of sp³-hybridized carbons (Fsp3) is 0.571. The van der Waals surface area contributed by atoms with E-state index in [2.05, 4.69) is 32.0 Å². The van der Waals surface area contributed by atoms with Crippen LogP contribution in [0.1, 0.15) is 38.3 Å². The molecule has 1 aromatic rings. The minimum absolute atomic E-state index is 0. The standard InChI is InChI=1S/C14H21NO.ClH/c1-10(15)8-11-4-5-13-12(9-11)6-7-14(2,3)16-13;/h4-5,9-10H,6-8,15H2,1-3H3;1H/t10-;/m1./s1. The molecule has 1 aromatic carbocycles. The molecule has 1 aliphatic heterocycles. The largest absolute Gasteiger partial charge is 0.488 e. The molecule has 0 aromatic heterocycles. The number of nitrogens with two attached hydrogens (primary N) is 1. The first-order valence-electron chi connectivity index (χ1n) is 6.03. The quantitative estimate of drug-likeness (QED) is 0.881. The summed E-state index contributed by atoms with van der Waals surface area (Å²) in [5, 5.41) is 0. The average Bonchev–Trinajstić information content (AvgIpc) is 2.16. The number of rotatable bonds is 2. The second-order valence-electron chi connectivity index (χ2n) is 5.49. The van der Waals surface area contributed by atoms with Crippen molar-refractivity contribution >= 4 is 12.4 Å². The monoisotopic (exact) mass is 255 g/mol. The fourth-order valence-corrected chi connectivity index (χ4v) is 2.21. The van der Waals surface area contributed by atoms with Crippen LogP contribution in [0.3, 0.4) is 0 Å². The van der Waals surface area contributed by atoms with Crippen LogP contribution in [-0.4, -0.2) is 11.6 Å². The summed E-state index contributed by atoms with van der Waals surface area (Å²) in [6, 6.07) is 6.69. The Hall–Kier alpha value is -0.730. The molecule has 0 spiro atoms. The van der Waals surface area contributed by atoms with Crippen molar-refractivity contribution in [1.82, 2.24) is 0 Å². The molecule has 0 fully saturated rings. The van der Waals surface area contributed by atoms with Gasteiger partial charge < -0.3 is 10.5 Å². The lowest BCUT2D eigenvalue weighted by Gasteiger charge is -2.32. The van der Waals surface area contributed by atoms with E-state index in [0.717, 1.165) is 25.0 Å². The Morgan fingerprint density at radius 1 is 1.41 bits per heavy atom. The molecule has 96 valence electrons. The number of halogens is 1. The van der Waals surface area contributed by atoms with Crippen LogP contribution in [0, 0.1) is 0 Å².